The molecule has 1 saturated carbocycles. The van der Waals surface area contributed by atoms with Gasteiger partial charge in [-0.25, -0.2) is 14.4 Å². The molecule has 2 aliphatic rings. The standard InChI is InChI=1S/C23H20FN5O2/c1-28(20-10-31-21-6-13(12-2-3-12)4-5-14(20)21)23(30)15-7-18-17(8-16(15)24)27-22(25)19-9-26-11-29(18)19/h4-9,11-12,20H,2-3,10H2,1H3,(H2,25,27). The third-order valence-electron chi connectivity index (χ3n) is 6.33. The fraction of sp³-hybridized carbons (Fsp3) is 0.261. The highest BCUT2D eigenvalue weighted by atomic mass is 19.1. The first-order valence-corrected chi connectivity index (χ1v) is 10.3. The number of fused-ring (bicyclic) bond motifs is 4. The molecule has 7 nitrogen and oxygen atoms in total. The van der Waals surface area contributed by atoms with E-state index in [1.54, 1.807) is 28.9 Å². The van der Waals surface area contributed by atoms with Gasteiger partial charge >= 0.3 is 0 Å². The van der Waals surface area contributed by atoms with E-state index in [2.05, 4.69) is 22.1 Å². The highest BCUT2D eigenvalue weighted by Crippen LogP contribution is 2.44. The van der Waals surface area contributed by atoms with Crippen molar-refractivity contribution in [3.8, 4) is 5.75 Å². The van der Waals surface area contributed by atoms with Crippen LogP contribution in [-0.4, -0.2) is 38.8 Å². The van der Waals surface area contributed by atoms with Crippen molar-refractivity contribution < 1.29 is 13.9 Å². The first kappa shape index (κ1) is 18.1. The number of nitrogens with two attached hydrogens (primary N) is 1. The summed E-state index contributed by atoms with van der Waals surface area (Å²) in [5, 5.41) is 0. The Kier molecular flexibility index (Phi) is 3.74. The highest BCUT2D eigenvalue weighted by molar-refractivity contribution is 5.98. The maximum absolute atomic E-state index is 14.9. The lowest BCUT2D eigenvalue weighted by Crippen LogP contribution is -2.32. The molecule has 156 valence electrons. The first-order chi connectivity index (χ1) is 15.0. The van der Waals surface area contributed by atoms with Gasteiger partial charge in [0, 0.05) is 18.7 Å². The number of amides is 1. The predicted molar refractivity (Wildman–Crippen MR) is 114 cm³/mol. The maximum atomic E-state index is 14.9. The Bertz CT molecular complexity index is 1380. The van der Waals surface area contributed by atoms with Crippen LogP contribution >= 0.6 is 0 Å². The lowest BCUT2D eigenvalue weighted by atomic mass is 10.0. The summed E-state index contributed by atoms with van der Waals surface area (Å²) < 4.78 is 22.5. The van der Waals surface area contributed by atoms with Gasteiger partial charge in [-0.1, -0.05) is 12.1 Å². The fourth-order valence-electron chi connectivity index (χ4n) is 4.39. The minimum atomic E-state index is -0.640. The van der Waals surface area contributed by atoms with Gasteiger partial charge in [-0.05, 0) is 36.5 Å². The Morgan fingerprint density at radius 1 is 1.26 bits per heavy atom. The van der Waals surface area contributed by atoms with Gasteiger partial charge in [-0.15, -0.1) is 0 Å². The monoisotopic (exact) mass is 417 g/mol. The molecular formula is C23H20FN5O2. The minimum Gasteiger partial charge on any atom is -0.491 e. The number of likely N-dealkylation sites (N-methyl/N-ethyl adjacent to an activating group) is 1. The van der Waals surface area contributed by atoms with Crippen molar-refractivity contribution >= 4 is 28.3 Å². The van der Waals surface area contributed by atoms with E-state index in [-0.39, 0.29) is 17.4 Å². The highest BCUT2D eigenvalue weighted by Gasteiger charge is 2.33. The number of imidazole rings is 1. The van der Waals surface area contributed by atoms with Crippen LogP contribution in [0.3, 0.4) is 0 Å². The van der Waals surface area contributed by atoms with E-state index in [0.29, 0.717) is 29.1 Å². The Morgan fingerprint density at radius 3 is 2.90 bits per heavy atom. The summed E-state index contributed by atoms with van der Waals surface area (Å²) in [4.78, 5) is 23.2. The van der Waals surface area contributed by atoms with Crippen molar-refractivity contribution in [3.63, 3.8) is 0 Å². The number of carbonyl (C=O) groups excluding carboxylic acids is 1. The average molecular weight is 417 g/mol. The van der Waals surface area contributed by atoms with Crippen LogP contribution in [0.25, 0.3) is 16.6 Å². The Labute approximate surface area is 177 Å². The second kappa shape index (κ2) is 6.41. The van der Waals surface area contributed by atoms with Crippen LogP contribution in [-0.2, 0) is 0 Å². The maximum Gasteiger partial charge on any atom is 0.257 e. The van der Waals surface area contributed by atoms with Crippen LogP contribution in [0.2, 0.25) is 0 Å². The molecule has 2 aromatic carbocycles. The minimum absolute atomic E-state index is 0.0281. The molecule has 31 heavy (non-hydrogen) atoms. The quantitative estimate of drug-likeness (QED) is 0.550. The largest absolute Gasteiger partial charge is 0.491 e. The van der Waals surface area contributed by atoms with Crippen molar-refractivity contribution in [1.29, 1.82) is 0 Å². The number of ether oxygens (including phenoxy) is 1. The van der Waals surface area contributed by atoms with Crippen LogP contribution < -0.4 is 10.5 Å². The van der Waals surface area contributed by atoms with E-state index in [1.807, 2.05) is 6.07 Å². The van der Waals surface area contributed by atoms with E-state index in [4.69, 9.17) is 10.5 Å². The summed E-state index contributed by atoms with van der Waals surface area (Å²) in [5.74, 6) is 0.636. The van der Waals surface area contributed by atoms with Crippen LogP contribution in [0.15, 0.2) is 42.9 Å². The van der Waals surface area contributed by atoms with Gasteiger partial charge in [0.1, 0.15) is 29.5 Å². The van der Waals surface area contributed by atoms with Gasteiger partial charge in [0.15, 0.2) is 0 Å². The molecule has 3 heterocycles. The number of carbonyl (C=O) groups is 1. The smallest absolute Gasteiger partial charge is 0.257 e. The number of rotatable bonds is 3. The van der Waals surface area contributed by atoms with Crippen LogP contribution in [0, 0.1) is 5.82 Å². The van der Waals surface area contributed by atoms with Gasteiger partial charge < -0.3 is 15.4 Å². The van der Waals surface area contributed by atoms with E-state index >= 15 is 0 Å². The van der Waals surface area contributed by atoms with E-state index in [0.717, 1.165) is 11.3 Å². The molecule has 2 aromatic heterocycles. The molecule has 2 N–H and O–H groups in total. The Hall–Kier alpha value is -3.68. The normalized spacial score (nSPS) is 17.7. The number of hydrogen-bond acceptors (Lipinski definition) is 5. The number of benzene rings is 2. The second-order valence-corrected chi connectivity index (χ2v) is 8.28. The summed E-state index contributed by atoms with van der Waals surface area (Å²) in [5.41, 5.74) is 9.68. The number of aromatic nitrogens is 3. The Balaban J connectivity index is 1.38. The predicted octanol–water partition coefficient (Wildman–Crippen LogP) is 3.69. The molecule has 8 heteroatoms. The molecule has 1 amide bonds. The molecule has 0 radical (unpaired) electrons. The topological polar surface area (TPSA) is 85.8 Å². The molecule has 1 atom stereocenters. The number of anilines is 1. The fourth-order valence-corrected chi connectivity index (χ4v) is 4.39. The van der Waals surface area contributed by atoms with Crippen LogP contribution in [0.1, 0.15) is 46.3 Å². The van der Waals surface area contributed by atoms with E-state index in [1.165, 1.54) is 30.5 Å². The molecule has 1 aliphatic heterocycles. The molecule has 6 rings (SSSR count). The summed E-state index contributed by atoms with van der Waals surface area (Å²) >= 11 is 0. The summed E-state index contributed by atoms with van der Waals surface area (Å²) in [7, 11) is 1.68. The SMILES string of the molecule is CN(C(=O)c1cc2c(cc1F)nc(N)c1cncn12)C1COc2cc(C3CC3)ccc21. The zero-order valence-electron chi connectivity index (χ0n) is 16.9. The summed E-state index contributed by atoms with van der Waals surface area (Å²) in [6, 6.07) is 8.70. The number of hydrogen-bond donors (Lipinski definition) is 1. The molecule has 0 saturated heterocycles. The Morgan fingerprint density at radius 2 is 2.10 bits per heavy atom. The summed E-state index contributed by atoms with van der Waals surface area (Å²) in [6.07, 6.45) is 5.59. The van der Waals surface area contributed by atoms with Gasteiger partial charge in [-0.2, -0.15) is 0 Å². The van der Waals surface area contributed by atoms with Crippen molar-refractivity contribution in [1.82, 2.24) is 19.3 Å². The molecule has 1 unspecified atom stereocenters. The van der Waals surface area contributed by atoms with E-state index in [9.17, 15) is 9.18 Å². The second-order valence-electron chi connectivity index (χ2n) is 8.28. The van der Waals surface area contributed by atoms with Crippen molar-refractivity contribution in [3.05, 3.63) is 65.4 Å². The van der Waals surface area contributed by atoms with Crippen molar-refractivity contribution in [2.75, 3.05) is 19.4 Å². The summed E-state index contributed by atoms with van der Waals surface area (Å²) in [6.45, 7) is 0.352. The molecule has 1 fully saturated rings. The van der Waals surface area contributed by atoms with Crippen molar-refractivity contribution in [2.24, 2.45) is 0 Å². The molecule has 0 spiro atoms. The zero-order chi connectivity index (χ0) is 21.3. The molecule has 4 aromatic rings. The van der Waals surface area contributed by atoms with Crippen LogP contribution in [0.5, 0.6) is 5.75 Å². The number of nitrogens with zero attached hydrogens (tertiary/aromatic N) is 4. The zero-order valence-corrected chi connectivity index (χ0v) is 16.9. The molecule has 0 bridgehead atoms. The number of halogens is 1. The number of nitrogen functional groups attached to an aromatic ring is 1. The van der Waals surface area contributed by atoms with Gasteiger partial charge in [-0.3, -0.25) is 9.20 Å². The lowest BCUT2D eigenvalue weighted by Gasteiger charge is -2.24. The lowest BCUT2D eigenvalue weighted by molar-refractivity contribution is 0.0704. The van der Waals surface area contributed by atoms with Gasteiger partial charge in [0.25, 0.3) is 5.91 Å². The first-order valence-electron chi connectivity index (χ1n) is 10.3. The van der Waals surface area contributed by atoms with Crippen LogP contribution in [0.4, 0.5) is 10.2 Å². The average Bonchev–Trinajstić information content (AvgIpc) is 3.33. The molecule has 1 aliphatic carbocycles. The van der Waals surface area contributed by atoms with Crippen molar-refractivity contribution in [2.45, 2.75) is 24.8 Å². The van der Waals surface area contributed by atoms with E-state index < -0.39 is 11.7 Å². The third-order valence-corrected chi connectivity index (χ3v) is 6.33. The molecular weight excluding hydrogens is 397 g/mol. The van der Waals surface area contributed by atoms with Gasteiger partial charge in [0.05, 0.1) is 35.2 Å². The third kappa shape index (κ3) is 2.74. The van der Waals surface area contributed by atoms with Gasteiger partial charge in [0.2, 0.25) is 0 Å².